The first kappa shape index (κ1) is 12.0. The molecule has 2 rings (SSSR count). The summed E-state index contributed by atoms with van der Waals surface area (Å²) in [4.78, 5) is 16.9. The zero-order valence-electron chi connectivity index (χ0n) is 10.4. The molecule has 0 aliphatic carbocycles. The highest BCUT2D eigenvalue weighted by Crippen LogP contribution is 2.32. The molecule has 3 heteroatoms. The van der Waals surface area contributed by atoms with Crippen molar-refractivity contribution in [2.75, 3.05) is 20.1 Å². The maximum atomic E-state index is 10.6. The second-order valence-electron chi connectivity index (χ2n) is 4.89. The fourth-order valence-corrected chi connectivity index (χ4v) is 2.59. The Morgan fingerprint density at radius 1 is 1.53 bits per heavy atom. The number of likely N-dealkylation sites (tertiary alicyclic amines) is 1. The largest absolute Gasteiger partial charge is 0.306 e. The van der Waals surface area contributed by atoms with E-state index in [-0.39, 0.29) is 6.04 Å². The Balaban J connectivity index is 2.26. The summed E-state index contributed by atoms with van der Waals surface area (Å²) < 4.78 is 0. The van der Waals surface area contributed by atoms with Gasteiger partial charge in [-0.2, -0.15) is 4.99 Å². The molecule has 1 fully saturated rings. The molecule has 1 heterocycles. The van der Waals surface area contributed by atoms with Crippen LogP contribution in [0.5, 0.6) is 0 Å². The summed E-state index contributed by atoms with van der Waals surface area (Å²) in [7, 11) is 2.11. The smallest absolute Gasteiger partial charge is 0.235 e. The molecule has 2 unspecified atom stereocenters. The van der Waals surface area contributed by atoms with E-state index in [0.29, 0.717) is 5.92 Å². The van der Waals surface area contributed by atoms with Gasteiger partial charge in [0.25, 0.3) is 0 Å². The van der Waals surface area contributed by atoms with E-state index in [0.717, 1.165) is 25.1 Å². The Hall–Kier alpha value is -1.44. The molecule has 0 saturated carbocycles. The van der Waals surface area contributed by atoms with Gasteiger partial charge in [0.2, 0.25) is 6.08 Å². The van der Waals surface area contributed by atoms with Gasteiger partial charge in [-0.25, -0.2) is 4.79 Å². The third kappa shape index (κ3) is 2.82. The fourth-order valence-electron chi connectivity index (χ4n) is 2.59. The lowest BCUT2D eigenvalue weighted by Gasteiger charge is -2.18. The van der Waals surface area contributed by atoms with Crippen molar-refractivity contribution < 1.29 is 4.79 Å². The van der Waals surface area contributed by atoms with E-state index in [2.05, 4.69) is 42.1 Å². The van der Waals surface area contributed by atoms with Gasteiger partial charge < -0.3 is 4.90 Å². The lowest BCUT2D eigenvalue weighted by Crippen LogP contribution is -2.17. The van der Waals surface area contributed by atoms with Crippen LogP contribution in [0.2, 0.25) is 0 Å². The van der Waals surface area contributed by atoms with E-state index in [4.69, 9.17) is 0 Å². The summed E-state index contributed by atoms with van der Waals surface area (Å²) in [6.07, 6.45) is 2.83. The standard InChI is InChI=1S/C14H18N2O/c1-11-4-3-5-12(8-11)14(15-10-17)13-6-7-16(2)9-13/h3-5,8,13-14H,6-7,9H2,1-2H3. The molecule has 0 radical (unpaired) electrons. The molecule has 1 aliphatic rings. The minimum Gasteiger partial charge on any atom is -0.306 e. The number of carbonyl (C=O) groups excluding carboxylic acids is 1. The average Bonchev–Trinajstić information content (AvgIpc) is 2.72. The molecule has 1 aromatic carbocycles. The summed E-state index contributed by atoms with van der Waals surface area (Å²) in [6.45, 7) is 4.15. The molecule has 0 bridgehead atoms. The number of hydrogen-bond donors (Lipinski definition) is 0. The van der Waals surface area contributed by atoms with Crippen molar-refractivity contribution in [3.63, 3.8) is 0 Å². The molecule has 2 atom stereocenters. The molecule has 0 aromatic heterocycles. The topological polar surface area (TPSA) is 32.7 Å². The lowest BCUT2D eigenvalue weighted by atomic mass is 9.92. The molecule has 90 valence electrons. The van der Waals surface area contributed by atoms with Crippen LogP contribution in [0.15, 0.2) is 29.3 Å². The van der Waals surface area contributed by atoms with E-state index in [9.17, 15) is 4.79 Å². The van der Waals surface area contributed by atoms with Gasteiger partial charge in [0, 0.05) is 12.5 Å². The van der Waals surface area contributed by atoms with Crippen LogP contribution in [0.25, 0.3) is 0 Å². The Morgan fingerprint density at radius 2 is 2.35 bits per heavy atom. The maximum absolute atomic E-state index is 10.6. The number of nitrogens with zero attached hydrogens (tertiary/aromatic N) is 2. The zero-order chi connectivity index (χ0) is 12.3. The van der Waals surface area contributed by atoms with E-state index >= 15 is 0 Å². The molecule has 1 saturated heterocycles. The van der Waals surface area contributed by atoms with E-state index in [1.165, 1.54) is 5.56 Å². The second kappa shape index (κ2) is 5.26. The van der Waals surface area contributed by atoms with Crippen molar-refractivity contribution in [2.24, 2.45) is 10.9 Å². The monoisotopic (exact) mass is 230 g/mol. The molecular weight excluding hydrogens is 212 g/mol. The van der Waals surface area contributed by atoms with Crippen LogP contribution in [0, 0.1) is 12.8 Å². The highest BCUT2D eigenvalue weighted by atomic mass is 16.1. The third-order valence-corrected chi connectivity index (χ3v) is 3.45. The minimum atomic E-state index is -0.0302. The maximum Gasteiger partial charge on any atom is 0.235 e. The number of hydrogen-bond acceptors (Lipinski definition) is 3. The lowest BCUT2D eigenvalue weighted by molar-refractivity contribution is 0.372. The van der Waals surface area contributed by atoms with Crippen molar-refractivity contribution in [1.29, 1.82) is 0 Å². The van der Waals surface area contributed by atoms with Gasteiger partial charge in [0.05, 0.1) is 6.04 Å². The fraction of sp³-hybridized carbons (Fsp3) is 0.500. The molecule has 3 nitrogen and oxygen atoms in total. The highest BCUT2D eigenvalue weighted by molar-refractivity contribution is 5.36. The normalized spacial score (nSPS) is 22.1. The molecule has 1 aromatic rings. The van der Waals surface area contributed by atoms with Crippen molar-refractivity contribution in [1.82, 2.24) is 4.90 Å². The van der Waals surface area contributed by atoms with Crippen LogP contribution in [-0.4, -0.2) is 31.1 Å². The van der Waals surface area contributed by atoms with E-state index < -0.39 is 0 Å². The van der Waals surface area contributed by atoms with Crippen LogP contribution < -0.4 is 0 Å². The van der Waals surface area contributed by atoms with Crippen LogP contribution in [-0.2, 0) is 4.79 Å². The van der Waals surface area contributed by atoms with Crippen LogP contribution in [0.4, 0.5) is 0 Å². The van der Waals surface area contributed by atoms with Crippen molar-refractivity contribution in [3.8, 4) is 0 Å². The molecule has 17 heavy (non-hydrogen) atoms. The van der Waals surface area contributed by atoms with Crippen LogP contribution in [0.1, 0.15) is 23.6 Å². The van der Waals surface area contributed by atoms with E-state index in [1.54, 1.807) is 6.08 Å². The third-order valence-electron chi connectivity index (χ3n) is 3.45. The van der Waals surface area contributed by atoms with Crippen LogP contribution >= 0.6 is 0 Å². The Labute approximate surface area is 102 Å². The first-order chi connectivity index (χ1) is 8.20. The number of benzene rings is 1. The SMILES string of the molecule is Cc1cccc(C(N=C=O)C2CCN(C)C2)c1. The molecule has 0 amide bonds. The quantitative estimate of drug-likeness (QED) is 0.589. The highest BCUT2D eigenvalue weighted by Gasteiger charge is 2.28. The van der Waals surface area contributed by atoms with Crippen molar-refractivity contribution in [2.45, 2.75) is 19.4 Å². The van der Waals surface area contributed by atoms with Crippen LogP contribution in [0.3, 0.4) is 0 Å². The van der Waals surface area contributed by atoms with Crippen molar-refractivity contribution >= 4 is 6.08 Å². The number of aryl methyl sites for hydroxylation is 1. The first-order valence-electron chi connectivity index (χ1n) is 6.03. The van der Waals surface area contributed by atoms with Gasteiger partial charge in [-0.1, -0.05) is 29.8 Å². The Kier molecular flexibility index (Phi) is 3.72. The average molecular weight is 230 g/mol. The van der Waals surface area contributed by atoms with E-state index in [1.807, 2.05) is 6.07 Å². The molecular formula is C14H18N2O. The molecule has 0 spiro atoms. The van der Waals surface area contributed by atoms with Crippen molar-refractivity contribution in [3.05, 3.63) is 35.4 Å². The van der Waals surface area contributed by atoms with Gasteiger partial charge in [0.15, 0.2) is 0 Å². The van der Waals surface area contributed by atoms with Gasteiger partial charge in [0.1, 0.15) is 0 Å². The summed E-state index contributed by atoms with van der Waals surface area (Å²) in [5.41, 5.74) is 2.34. The number of isocyanates is 1. The van der Waals surface area contributed by atoms with Gasteiger partial charge in [-0.05, 0) is 32.5 Å². The minimum absolute atomic E-state index is 0.0302. The van der Waals surface area contributed by atoms with Gasteiger partial charge in [-0.15, -0.1) is 0 Å². The predicted octanol–water partition coefficient (Wildman–Crippen LogP) is 2.32. The van der Waals surface area contributed by atoms with Gasteiger partial charge in [-0.3, -0.25) is 0 Å². The summed E-state index contributed by atoms with van der Waals surface area (Å²) in [6, 6.07) is 8.22. The Bertz CT molecular complexity index is 438. The molecule has 0 N–H and O–H groups in total. The predicted molar refractivity (Wildman–Crippen MR) is 67.6 cm³/mol. The molecule has 1 aliphatic heterocycles. The second-order valence-corrected chi connectivity index (χ2v) is 4.89. The zero-order valence-corrected chi connectivity index (χ0v) is 10.4. The summed E-state index contributed by atoms with van der Waals surface area (Å²) in [5.74, 6) is 0.434. The Morgan fingerprint density at radius 3 is 2.94 bits per heavy atom. The van der Waals surface area contributed by atoms with Gasteiger partial charge >= 0.3 is 0 Å². The summed E-state index contributed by atoms with van der Waals surface area (Å²) in [5, 5.41) is 0. The number of rotatable bonds is 3. The first-order valence-corrected chi connectivity index (χ1v) is 6.03. The number of aliphatic imine (C=N–C) groups is 1. The summed E-state index contributed by atoms with van der Waals surface area (Å²) >= 11 is 0.